The van der Waals surface area contributed by atoms with Gasteiger partial charge in [-0.25, -0.2) is 0 Å². The molecular weight excluding hydrogens is 436 g/mol. The summed E-state index contributed by atoms with van der Waals surface area (Å²) in [4.78, 5) is 26.1. The van der Waals surface area contributed by atoms with Crippen LogP contribution in [-0.2, 0) is 4.79 Å². The van der Waals surface area contributed by atoms with Crippen molar-refractivity contribution in [2.45, 2.75) is 31.3 Å². The van der Waals surface area contributed by atoms with E-state index in [0.717, 1.165) is 29.7 Å². The van der Waals surface area contributed by atoms with Gasteiger partial charge in [-0.05, 0) is 54.2 Å². The van der Waals surface area contributed by atoms with E-state index in [1.54, 1.807) is 31.4 Å². The Bertz CT molecular complexity index is 1100. The lowest BCUT2D eigenvalue weighted by molar-refractivity contribution is -0.122. The summed E-state index contributed by atoms with van der Waals surface area (Å²) in [6.45, 7) is 0. The number of halogens is 1. The highest BCUT2D eigenvalue weighted by atomic mass is 35.5. The number of nitrogens with one attached hydrogen (secondary N) is 2. The van der Waals surface area contributed by atoms with Crippen LogP contribution >= 0.6 is 11.6 Å². The van der Waals surface area contributed by atoms with E-state index in [0.29, 0.717) is 16.5 Å². The first-order valence-corrected chi connectivity index (χ1v) is 11.5. The van der Waals surface area contributed by atoms with Crippen LogP contribution in [0, 0.1) is 5.92 Å². The fraction of sp³-hybridized carbons (Fsp3) is 0.259. The molecule has 0 aliphatic heterocycles. The molecule has 0 radical (unpaired) electrons. The van der Waals surface area contributed by atoms with E-state index >= 15 is 0 Å². The summed E-state index contributed by atoms with van der Waals surface area (Å²) in [6, 6.07) is 23.7. The van der Waals surface area contributed by atoms with Gasteiger partial charge in [-0.15, -0.1) is 0 Å². The van der Waals surface area contributed by atoms with Crippen molar-refractivity contribution in [2.75, 3.05) is 7.11 Å². The Morgan fingerprint density at radius 1 is 0.909 bits per heavy atom. The number of carbonyl (C=O) groups excluding carboxylic acids is 2. The number of amides is 2. The van der Waals surface area contributed by atoms with E-state index in [1.165, 1.54) is 0 Å². The van der Waals surface area contributed by atoms with Crippen LogP contribution in [0.15, 0.2) is 78.9 Å². The molecule has 3 aromatic rings. The molecular formula is C27H27ClN2O3. The Balaban J connectivity index is 1.49. The monoisotopic (exact) mass is 462 g/mol. The van der Waals surface area contributed by atoms with Crippen molar-refractivity contribution < 1.29 is 14.3 Å². The summed E-state index contributed by atoms with van der Waals surface area (Å²) >= 11 is 6.21. The van der Waals surface area contributed by atoms with Crippen molar-refractivity contribution in [2.24, 2.45) is 5.92 Å². The van der Waals surface area contributed by atoms with Crippen molar-refractivity contribution in [3.05, 3.63) is 101 Å². The summed E-state index contributed by atoms with van der Waals surface area (Å²) < 4.78 is 5.25. The number of ether oxygens (including phenoxy) is 1. The van der Waals surface area contributed by atoms with Crippen LogP contribution in [0.3, 0.4) is 0 Å². The van der Waals surface area contributed by atoms with Gasteiger partial charge in [0.15, 0.2) is 0 Å². The topological polar surface area (TPSA) is 67.4 Å². The van der Waals surface area contributed by atoms with Gasteiger partial charge in [0, 0.05) is 0 Å². The van der Waals surface area contributed by atoms with E-state index < -0.39 is 6.04 Å². The molecule has 0 aromatic heterocycles. The molecule has 6 heteroatoms. The minimum absolute atomic E-state index is 0.0564. The maximum Gasteiger partial charge on any atom is 0.253 e. The maximum atomic E-state index is 13.1. The molecule has 33 heavy (non-hydrogen) atoms. The molecule has 0 heterocycles. The van der Waals surface area contributed by atoms with Gasteiger partial charge in [-0.3, -0.25) is 9.59 Å². The molecule has 0 saturated heterocycles. The van der Waals surface area contributed by atoms with Crippen molar-refractivity contribution in [3.8, 4) is 5.75 Å². The van der Waals surface area contributed by atoms with Crippen LogP contribution in [0.4, 0.5) is 0 Å². The quantitative estimate of drug-likeness (QED) is 0.442. The van der Waals surface area contributed by atoms with Gasteiger partial charge in [-0.2, -0.15) is 0 Å². The van der Waals surface area contributed by atoms with Gasteiger partial charge in [0.05, 0.1) is 36.2 Å². The summed E-state index contributed by atoms with van der Waals surface area (Å²) in [7, 11) is 1.63. The molecule has 4 rings (SSSR count). The Hall–Kier alpha value is -3.31. The molecule has 2 unspecified atom stereocenters. The maximum absolute atomic E-state index is 13.1. The number of hydrogen-bond acceptors (Lipinski definition) is 3. The fourth-order valence-corrected chi connectivity index (χ4v) is 4.17. The molecule has 170 valence electrons. The number of benzene rings is 3. The molecule has 2 amide bonds. The lowest BCUT2D eigenvalue weighted by atomic mass is 9.99. The molecule has 5 nitrogen and oxygen atoms in total. The van der Waals surface area contributed by atoms with E-state index in [2.05, 4.69) is 10.6 Å². The zero-order chi connectivity index (χ0) is 23.2. The molecule has 1 saturated carbocycles. The molecule has 1 aliphatic rings. The van der Waals surface area contributed by atoms with Gasteiger partial charge >= 0.3 is 0 Å². The van der Waals surface area contributed by atoms with Gasteiger partial charge in [-0.1, -0.05) is 66.2 Å². The third kappa shape index (κ3) is 5.93. The third-order valence-electron chi connectivity index (χ3n) is 5.90. The summed E-state index contributed by atoms with van der Waals surface area (Å²) in [5.41, 5.74) is 2.30. The van der Waals surface area contributed by atoms with Crippen LogP contribution in [0.2, 0.25) is 5.02 Å². The van der Waals surface area contributed by atoms with Crippen LogP contribution in [0.5, 0.6) is 5.75 Å². The lowest BCUT2D eigenvalue weighted by Gasteiger charge is -2.23. The molecule has 2 atom stereocenters. The average Bonchev–Trinajstić information content (AvgIpc) is 3.68. The van der Waals surface area contributed by atoms with Gasteiger partial charge in [0.1, 0.15) is 5.75 Å². The van der Waals surface area contributed by atoms with Crippen molar-refractivity contribution in [1.29, 1.82) is 0 Å². The summed E-state index contributed by atoms with van der Waals surface area (Å²) in [5.74, 6) is 0.786. The van der Waals surface area contributed by atoms with E-state index in [4.69, 9.17) is 16.3 Å². The molecule has 0 bridgehead atoms. The number of rotatable bonds is 9. The van der Waals surface area contributed by atoms with Gasteiger partial charge in [0.25, 0.3) is 5.91 Å². The van der Waals surface area contributed by atoms with Crippen molar-refractivity contribution in [3.63, 3.8) is 0 Å². The highest BCUT2D eigenvalue weighted by molar-refractivity contribution is 6.33. The number of methoxy groups -OCH3 is 1. The first kappa shape index (κ1) is 22.9. The van der Waals surface area contributed by atoms with Crippen LogP contribution in [0.25, 0.3) is 0 Å². The molecule has 3 aromatic carbocycles. The molecule has 1 fully saturated rings. The van der Waals surface area contributed by atoms with Gasteiger partial charge in [0.2, 0.25) is 5.91 Å². The third-order valence-corrected chi connectivity index (χ3v) is 6.23. The second-order valence-corrected chi connectivity index (χ2v) is 8.68. The second-order valence-electron chi connectivity index (χ2n) is 8.28. The minimum atomic E-state index is -0.481. The normalized spacial score (nSPS) is 14.7. The Labute approximate surface area is 199 Å². The minimum Gasteiger partial charge on any atom is -0.497 e. The first-order valence-electron chi connectivity index (χ1n) is 11.1. The smallest absolute Gasteiger partial charge is 0.253 e. The van der Waals surface area contributed by atoms with Crippen LogP contribution < -0.4 is 15.4 Å². The first-order chi connectivity index (χ1) is 16.0. The Kier molecular flexibility index (Phi) is 7.30. The van der Waals surface area contributed by atoms with E-state index in [-0.39, 0.29) is 24.3 Å². The van der Waals surface area contributed by atoms with Crippen LogP contribution in [-0.4, -0.2) is 18.9 Å². The second kappa shape index (κ2) is 10.5. The standard InChI is InChI=1S/C27H27ClN2O3/c1-33-21-15-13-20(14-16-21)26(19-11-12-19)30-25(31)17-24(18-7-3-2-4-8-18)29-27(32)22-9-5-6-10-23(22)28/h2-10,13-16,19,24,26H,11-12,17H2,1H3,(H,29,32)(H,30,31). The van der Waals surface area contributed by atoms with Crippen molar-refractivity contribution in [1.82, 2.24) is 10.6 Å². The lowest BCUT2D eigenvalue weighted by Crippen LogP contribution is -2.36. The highest BCUT2D eigenvalue weighted by Crippen LogP contribution is 2.41. The predicted molar refractivity (Wildman–Crippen MR) is 129 cm³/mol. The number of carbonyl (C=O) groups is 2. The summed E-state index contributed by atoms with van der Waals surface area (Å²) in [6.07, 6.45) is 2.30. The molecule has 2 N–H and O–H groups in total. The Morgan fingerprint density at radius 2 is 1.58 bits per heavy atom. The van der Waals surface area contributed by atoms with E-state index in [1.807, 2.05) is 54.6 Å². The zero-order valence-corrected chi connectivity index (χ0v) is 19.2. The number of hydrogen-bond donors (Lipinski definition) is 2. The predicted octanol–water partition coefficient (Wildman–Crippen LogP) is 5.48. The summed E-state index contributed by atoms with van der Waals surface area (Å²) in [5, 5.41) is 6.57. The van der Waals surface area contributed by atoms with Crippen molar-refractivity contribution >= 4 is 23.4 Å². The Morgan fingerprint density at radius 3 is 2.21 bits per heavy atom. The van der Waals surface area contributed by atoms with E-state index in [9.17, 15) is 9.59 Å². The van der Waals surface area contributed by atoms with Gasteiger partial charge < -0.3 is 15.4 Å². The average molecular weight is 463 g/mol. The SMILES string of the molecule is COc1ccc(C(NC(=O)CC(NC(=O)c2ccccc2Cl)c2ccccc2)C2CC2)cc1. The molecule has 1 aliphatic carbocycles. The highest BCUT2D eigenvalue weighted by Gasteiger charge is 2.34. The molecule has 0 spiro atoms. The zero-order valence-electron chi connectivity index (χ0n) is 18.5. The fourth-order valence-electron chi connectivity index (χ4n) is 3.95. The largest absolute Gasteiger partial charge is 0.497 e. The van der Waals surface area contributed by atoms with Crippen LogP contribution in [0.1, 0.15) is 52.8 Å².